The van der Waals surface area contributed by atoms with Crippen LogP contribution >= 0.6 is 0 Å². The number of piperazine rings is 1. The van der Waals surface area contributed by atoms with E-state index < -0.39 is 0 Å². The van der Waals surface area contributed by atoms with E-state index >= 15 is 0 Å². The van der Waals surface area contributed by atoms with Crippen molar-refractivity contribution in [1.82, 2.24) is 20.0 Å². The molecule has 1 spiro atoms. The monoisotopic (exact) mass is 336 g/mol. The van der Waals surface area contributed by atoms with Gasteiger partial charge in [-0.1, -0.05) is 6.92 Å². The van der Waals surface area contributed by atoms with E-state index in [1.807, 2.05) is 0 Å². The van der Waals surface area contributed by atoms with Gasteiger partial charge in [0, 0.05) is 52.2 Å². The van der Waals surface area contributed by atoms with Crippen molar-refractivity contribution in [2.45, 2.75) is 39.0 Å². The molecule has 138 valence electrons. The smallest absolute Gasteiger partial charge is 0.219 e. The molecule has 0 radical (unpaired) electrons. The van der Waals surface area contributed by atoms with Crippen LogP contribution in [0.2, 0.25) is 0 Å². The maximum atomic E-state index is 11.6. The lowest BCUT2D eigenvalue weighted by Crippen LogP contribution is -2.48. The molecule has 1 atom stereocenters. The average Bonchev–Trinajstić information content (AvgIpc) is 3.26. The first-order chi connectivity index (χ1) is 11.6. The fourth-order valence-corrected chi connectivity index (χ4v) is 4.46. The Morgan fingerprint density at radius 2 is 1.67 bits per heavy atom. The van der Waals surface area contributed by atoms with E-state index in [1.165, 1.54) is 71.6 Å². The van der Waals surface area contributed by atoms with E-state index in [1.54, 1.807) is 0 Å². The van der Waals surface area contributed by atoms with Gasteiger partial charge in [0.1, 0.15) is 0 Å². The van der Waals surface area contributed by atoms with Crippen molar-refractivity contribution in [1.29, 1.82) is 0 Å². The molecule has 0 bridgehead atoms. The summed E-state index contributed by atoms with van der Waals surface area (Å²) in [6.07, 6.45) is 5.64. The molecule has 1 unspecified atom stereocenters. The molecule has 5 heteroatoms. The minimum absolute atomic E-state index is 0.240. The molecule has 2 aliphatic heterocycles. The second-order valence-electron chi connectivity index (χ2n) is 8.30. The summed E-state index contributed by atoms with van der Waals surface area (Å²) in [5.41, 5.74) is 0.573. The predicted molar refractivity (Wildman–Crippen MR) is 98.1 cm³/mol. The van der Waals surface area contributed by atoms with Crippen LogP contribution in [0.25, 0.3) is 0 Å². The van der Waals surface area contributed by atoms with Crippen LogP contribution in [0.1, 0.15) is 39.0 Å². The molecule has 0 aromatic rings. The summed E-state index contributed by atoms with van der Waals surface area (Å²) in [6, 6.07) is 0. The van der Waals surface area contributed by atoms with Gasteiger partial charge in [0.2, 0.25) is 5.91 Å². The van der Waals surface area contributed by atoms with Crippen LogP contribution in [0.3, 0.4) is 0 Å². The SMILES string of the molecule is CCCC(=O)NCC1CC12CCN(CCN1CCN(C)CC1)CC2. The molecule has 3 fully saturated rings. The molecule has 0 aromatic carbocycles. The van der Waals surface area contributed by atoms with Crippen LogP contribution in [0.5, 0.6) is 0 Å². The molecule has 0 aromatic heterocycles. The van der Waals surface area contributed by atoms with Crippen LogP contribution < -0.4 is 5.32 Å². The van der Waals surface area contributed by atoms with Gasteiger partial charge in [-0.25, -0.2) is 0 Å². The van der Waals surface area contributed by atoms with Crippen molar-refractivity contribution in [2.75, 3.05) is 66.0 Å². The molecule has 2 saturated heterocycles. The van der Waals surface area contributed by atoms with E-state index in [0.717, 1.165) is 18.9 Å². The normalized spacial score (nSPS) is 28.2. The van der Waals surface area contributed by atoms with Crippen LogP contribution in [-0.2, 0) is 4.79 Å². The number of piperidine rings is 1. The van der Waals surface area contributed by atoms with E-state index in [9.17, 15) is 4.79 Å². The predicted octanol–water partition coefficient (Wildman–Crippen LogP) is 1.25. The molecule has 1 amide bonds. The lowest BCUT2D eigenvalue weighted by molar-refractivity contribution is -0.121. The number of nitrogens with one attached hydrogen (secondary N) is 1. The molecule has 1 aliphatic carbocycles. The Hall–Kier alpha value is -0.650. The Bertz CT molecular complexity index is 412. The topological polar surface area (TPSA) is 38.8 Å². The summed E-state index contributed by atoms with van der Waals surface area (Å²) < 4.78 is 0. The number of nitrogens with zero attached hydrogens (tertiary/aromatic N) is 3. The third kappa shape index (κ3) is 4.70. The van der Waals surface area contributed by atoms with Crippen LogP contribution in [-0.4, -0.2) is 86.6 Å². The van der Waals surface area contributed by atoms with E-state index in [0.29, 0.717) is 11.8 Å². The van der Waals surface area contributed by atoms with Crippen LogP contribution in [0, 0.1) is 11.3 Å². The van der Waals surface area contributed by atoms with Gasteiger partial charge < -0.3 is 15.1 Å². The summed E-state index contributed by atoms with van der Waals surface area (Å²) in [4.78, 5) is 19.3. The standard InChI is InChI=1S/C19H36N4O/c1-3-4-18(24)20-16-17-15-19(17)5-7-22(8-6-19)13-14-23-11-9-21(2)10-12-23/h17H,3-16H2,1-2H3,(H,20,24). The van der Waals surface area contributed by atoms with E-state index in [4.69, 9.17) is 0 Å². The minimum atomic E-state index is 0.240. The summed E-state index contributed by atoms with van der Waals surface area (Å²) in [5, 5.41) is 3.14. The summed E-state index contributed by atoms with van der Waals surface area (Å²) in [6.45, 7) is 12.9. The first kappa shape index (κ1) is 18.2. The quantitative estimate of drug-likeness (QED) is 0.759. The van der Waals surface area contributed by atoms with Crippen molar-refractivity contribution >= 4 is 5.91 Å². The Morgan fingerprint density at radius 1 is 1.04 bits per heavy atom. The highest BCUT2D eigenvalue weighted by Gasteiger charge is 2.54. The zero-order valence-electron chi connectivity index (χ0n) is 15.7. The van der Waals surface area contributed by atoms with Gasteiger partial charge in [-0.2, -0.15) is 0 Å². The number of hydrogen-bond donors (Lipinski definition) is 1. The highest BCUT2D eigenvalue weighted by molar-refractivity contribution is 5.75. The number of hydrogen-bond acceptors (Lipinski definition) is 4. The molecule has 3 rings (SSSR count). The molecule has 1 saturated carbocycles. The largest absolute Gasteiger partial charge is 0.356 e. The second kappa shape index (κ2) is 8.15. The highest BCUT2D eigenvalue weighted by atomic mass is 16.1. The first-order valence-corrected chi connectivity index (χ1v) is 10.0. The summed E-state index contributed by atoms with van der Waals surface area (Å²) >= 11 is 0. The number of carbonyl (C=O) groups excluding carboxylic acids is 1. The fourth-order valence-electron chi connectivity index (χ4n) is 4.46. The van der Waals surface area contributed by atoms with Crippen molar-refractivity contribution in [3.05, 3.63) is 0 Å². The van der Waals surface area contributed by atoms with Crippen molar-refractivity contribution in [2.24, 2.45) is 11.3 Å². The average molecular weight is 337 g/mol. The molecule has 24 heavy (non-hydrogen) atoms. The Balaban J connectivity index is 1.30. The lowest BCUT2D eigenvalue weighted by atomic mass is 9.91. The van der Waals surface area contributed by atoms with Crippen molar-refractivity contribution in [3.63, 3.8) is 0 Å². The van der Waals surface area contributed by atoms with Crippen LogP contribution in [0.4, 0.5) is 0 Å². The van der Waals surface area contributed by atoms with Crippen LogP contribution in [0.15, 0.2) is 0 Å². The van der Waals surface area contributed by atoms with E-state index in [2.05, 4.69) is 34.0 Å². The summed E-state index contributed by atoms with van der Waals surface area (Å²) in [7, 11) is 2.22. The van der Waals surface area contributed by atoms with Gasteiger partial charge in [0.25, 0.3) is 0 Å². The molecular weight excluding hydrogens is 300 g/mol. The third-order valence-electron chi connectivity index (χ3n) is 6.56. The van der Waals surface area contributed by atoms with Gasteiger partial charge in [-0.15, -0.1) is 0 Å². The summed E-state index contributed by atoms with van der Waals surface area (Å²) in [5.74, 6) is 0.988. The minimum Gasteiger partial charge on any atom is -0.356 e. The first-order valence-electron chi connectivity index (χ1n) is 10.0. The number of rotatable bonds is 7. The number of carbonyl (C=O) groups is 1. The molecule has 5 nitrogen and oxygen atoms in total. The third-order valence-corrected chi connectivity index (χ3v) is 6.56. The zero-order valence-corrected chi connectivity index (χ0v) is 15.7. The Morgan fingerprint density at radius 3 is 2.29 bits per heavy atom. The molecule has 3 aliphatic rings. The Labute approximate surface area is 147 Å². The van der Waals surface area contributed by atoms with E-state index in [-0.39, 0.29) is 5.91 Å². The van der Waals surface area contributed by atoms with Gasteiger partial charge >= 0.3 is 0 Å². The maximum absolute atomic E-state index is 11.6. The van der Waals surface area contributed by atoms with Gasteiger partial charge in [0.05, 0.1) is 0 Å². The maximum Gasteiger partial charge on any atom is 0.219 e. The molecule has 2 heterocycles. The van der Waals surface area contributed by atoms with Gasteiger partial charge in [-0.05, 0) is 57.2 Å². The lowest BCUT2D eigenvalue weighted by Gasteiger charge is -2.36. The fraction of sp³-hybridized carbons (Fsp3) is 0.947. The van der Waals surface area contributed by atoms with Gasteiger partial charge in [0.15, 0.2) is 0 Å². The molecule has 1 N–H and O–H groups in total. The number of likely N-dealkylation sites (N-methyl/N-ethyl adjacent to an activating group) is 1. The van der Waals surface area contributed by atoms with Crippen molar-refractivity contribution in [3.8, 4) is 0 Å². The highest BCUT2D eigenvalue weighted by Crippen LogP contribution is 2.58. The number of amides is 1. The molecular formula is C19H36N4O. The van der Waals surface area contributed by atoms with Crippen molar-refractivity contribution < 1.29 is 4.79 Å². The van der Waals surface area contributed by atoms with Gasteiger partial charge in [-0.3, -0.25) is 9.69 Å². The second-order valence-corrected chi connectivity index (χ2v) is 8.30. The zero-order chi connectivity index (χ0) is 17.0. The Kier molecular flexibility index (Phi) is 6.17. The number of likely N-dealkylation sites (tertiary alicyclic amines) is 1.